The number of furan rings is 1. The Morgan fingerprint density at radius 2 is 1.77 bits per heavy atom. The third-order valence-electron chi connectivity index (χ3n) is 4.92. The smallest absolute Gasteiger partial charge is 0.267 e. The predicted molar refractivity (Wildman–Crippen MR) is 120 cm³/mol. The van der Waals surface area contributed by atoms with Crippen LogP contribution in [0.1, 0.15) is 57.3 Å². The van der Waals surface area contributed by atoms with Crippen LogP contribution in [0.15, 0.2) is 52.0 Å². The van der Waals surface area contributed by atoms with Crippen LogP contribution >= 0.6 is 11.8 Å². The summed E-state index contributed by atoms with van der Waals surface area (Å²) in [6, 6.07) is 11.1. The standard InChI is InChI=1S/C24H29NO4S/c1-3-5-6-7-14-25-23(26)21(18-10-12-19(13-11-18)28-15-4-2)22(24(25)27)30-17-20-9-8-16-29-20/h8-13,16H,3-7,14-15,17H2,1-2H3. The molecule has 3 rings (SSSR count). The number of unbranched alkanes of at least 4 members (excludes halogenated alkanes) is 3. The predicted octanol–water partition coefficient (Wildman–Crippen LogP) is 5.66. The van der Waals surface area contributed by atoms with E-state index in [-0.39, 0.29) is 11.8 Å². The molecule has 30 heavy (non-hydrogen) atoms. The average molecular weight is 428 g/mol. The van der Waals surface area contributed by atoms with Crippen LogP contribution in [-0.2, 0) is 15.3 Å². The molecule has 0 N–H and O–H groups in total. The molecule has 6 heteroatoms. The van der Waals surface area contributed by atoms with Gasteiger partial charge >= 0.3 is 0 Å². The van der Waals surface area contributed by atoms with Crippen molar-refractivity contribution in [2.75, 3.05) is 13.2 Å². The summed E-state index contributed by atoms with van der Waals surface area (Å²) in [5.41, 5.74) is 1.23. The maximum Gasteiger partial charge on any atom is 0.267 e. The van der Waals surface area contributed by atoms with Crippen molar-refractivity contribution in [3.63, 3.8) is 0 Å². The van der Waals surface area contributed by atoms with Crippen LogP contribution in [-0.4, -0.2) is 29.9 Å². The quantitative estimate of drug-likeness (QED) is 0.323. The number of imide groups is 1. The average Bonchev–Trinajstić information content (AvgIpc) is 3.36. The van der Waals surface area contributed by atoms with Crippen LogP contribution in [0.25, 0.3) is 5.57 Å². The Kier molecular flexibility index (Phi) is 8.20. The molecule has 0 atom stereocenters. The Bertz CT molecular complexity index is 871. The van der Waals surface area contributed by atoms with E-state index in [2.05, 4.69) is 13.8 Å². The van der Waals surface area contributed by atoms with Crippen LogP contribution in [0.4, 0.5) is 0 Å². The van der Waals surface area contributed by atoms with E-state index in [0.29, 0.717) is 29.4 Å². The second-order valence-electron chi connectivity index (χ2n) is 7.27. The van der Waals surface area contributed by atoms with Crippen LogP contribution in [0.5, 0.6) is 5.75 Å². The molecule has 0 bridgehead atoms. The van der Waals surface area contributed by atoms with Crippen molar-refractivity contribution < 1.29 is 18.7 Å². The summed E-state index contributed by atoms with van der Waals surface area (Å²) in [5.74, 6) is 1.64. The molecule has 0 spiro atoms. The molecule has 2 heterocycles. The lowest BCUT2D eigenvalue weighted by Gasteiger charge is -2.15. The summed E-state index contributed by atoms with van der Waals surface area (Å²) in [6.45, 7) is 5.31. The number of carbonyl (C=O) groups is 2. The van der Waals surface area contributed by atoms with E-state index < -0.39 is 0 Å². The first-order valence-corrected chi connectivity index (χ1v) is 11.6. The minimum absolute atomic E-state index is 0.200. The van der Waals surface area contributed by atoms with E-state index in [4.69, 9.17) is 9.15 Å². The van der Waals surface area contributed by atoms with E-state index in [9.17, 15) is 9.59 Å². The second-order valence-corrected chi connectivity index (χ2v) is 8.25. The lowest BCUT2D eigenvalue weighted by atomic mass is 10.1. The second kappa shape index (κ2) is 11.1. The maximum atomic E-state index is 13.2. The molecule has 2 amide bonds. The fourth-order valence-electron chi connectivity index (χ4n) is 3.32. The summed E-state index contributed by atoms with van der Waals surface area (Å²) < 4.78 is 11.0. The van der Waals surface area contributed by atoms with Gasteiger partial charge in [-0.3, -0.25) is 14.5 Å². The van der Waals surface area contributed by atoms with Crippen LogP contribution in [0.3, 0.4) is 0 Å². The molecule has 160 valence electrons. The number of ether oxygens (including phenoxy) is 1. The molecule has 1 aromatic carbocycles. The minimum atomic E-state index is -0.208. The van der Waals surface area contributed by atoms with E-state index >= 15 is 0 Å². The Labute approximate surface area is 182 Å². The van der Waals surface area contributed by atoms with Crippen molar-refractivity contribution in [3.05, 3.63) is 58.9 Å². The third kappa shape index (κ3) is 5.36. The van der Waals surface area contributed by atoms with Gasteiger partial charge in [0, 0.05) is 6.54 Å². The minimum Gasteiger partial charge on any atom is -0.494 e. The van der Waals surface area contributed by atoms with Gasteiger partial charge in [-0.25, -0.2) is 0 Å². The van der Waals surface area contributed by atoms with Gasteiger partial charge in [-0.1, -0.05) is 45.2 Å². The summed E-state index contributed by atoms with van der Waals surface area (Å²) in [4.78, 5) is 28.2. The zero-order valence-electron chi connectivity index (χ0n) is 17.7. The van der Waals surface area contributed by atoms with Gasteiger partial charge in [0.15, 0.2) is 0 Å². The molecular formula is C24H29NO4S. The zero-order chi connectivity index (χ0) is 21.3. The third-order valence-corrected chi connectivity index (χ3v) is 6.01. The highest BCUT2D eigenvalue weighted by Crippen LogP contribution is 2.38. The summed E-state index contributed by atoms with van der Waals surface area (Å²) >= 11 is 1.36. The Morgan fingerprint density at radius 1 is 0.967 bits per heavy atom. The maximum absolute atomic E-state index is 13.2. The number of carbonyl (C=O) groups excluding carboxylic acids is 2. The van der Waals surface area contributed by atoms with Gasteiger partial charge in [0.2, 0.25) is 0 Å². The molecule has 5 nitrogen and oxygen atoms in total. The number of amides is 2. The number of benzene rings is 1. The van der Waals surface area contributed by atoms with Gasteiger partial charge in [0.05, 0.1) is 29.1 Å². The van der Waals surface area contributed by atoms with Crippen molar-refractivity contribution in [2.24, 2.45) is 0 Å². The molecule has 0 aliphatic carbocycles. The summed E-state index contributed by atoms with van der Waals surface area (Å²) in [6.07, 6.45) is 6.61. The fourth-order valence-corrected chi connectivity index (χ4v) is 4.35. The van der Waals surface area contributed by atoms with Crippen molar-refractivity contribution in [2.45, 2.75) is 51.7 Å². The first kappa shape index (κ1) is 22.2. The first-order chi connectivity index (χ1) is 14.7. The normalized spacial score (nSPS) is 14.1. The summed E-state index contributed by atoms with van der Waals surface area (Å²) in [7, 11) is 0. The number of thioether (sulfide) groups is 1. The molecule has 0 fully saturated rings. The summed E-state index contributed by atoms with van der Waals surface area (Å²) in [5, 5.41) is 0. The molecular weight excluding hydrogens is 398 g/mol. The van der Waals surface area contributed by atoms with Gasteiger partial charge < -0.3 is 9.15 Å². The van der Waals surface area contributed by atoms with E-state index in [0.717, 1.165) is 49.2 Å². The lowest BCUT2D eigenvalue weighted by molar-refractivity contribution is -0.136. The molecule has 0 unspecified atom stereocenters. The highest BCUT2D eigenvalue weighted by atomic mass is 32.2. The Morgan fingerprint density at radius 3 is 2.43 bits per heavy atom. The topological polar surface area (TPSA) is 59.8 Å². The van der Waals surface area contributed by atoms with Gasteiger partial charge in [-0.15, -0.1) is 11.8 Å². The highest BCUT2D eigenvalue weighted by Gasteiger charge is 2.38. The van der Waals surface area contributed by atoms with Crippen molar-refractivity contribution in [1.82, 2.24) is 4.90 Å². The first-order valence-electron chi connectivity index (χ1n) is 10.6. The van der Waals surface area contributed by atoms with Crippen LogP contribution in [0.2, 0.25) is 0 Å². The van der Waals surface area contributed by atoms with E-state index in [1.165, 1.54) is 16.7 Å². The van der Waals surface area contributed by atoms with Crippen LogP contribution in [0, 0.1) is 0 Å². The molecule has 1 aliphatic rings. The van der Waals surface area contributed by atoms with Gasteiger partial charge in [0.25, 0.3) is 11.8 Å². The molecule has 2 aromatic rings. The molecule has 0 radical (unpaired) electrons. The Hall–Kier alpha value is -2.47. The number of hydrogen-bond acceptors (Lipinski definition) is 5. The molecule has 0 saturated heterocycles. The van der Waals surface area contributed by atoms with Crippen molar-refractivity contribution in [3.8, 4) is 5.75 Å². The SMILES string of the molecule is CCCCCCN1C(=O)C(SCc2ccco2)=C(c2ccc(OCCC)cc2)C1=O. The van der Waals surface area contributed by atoms with E-state index in [1.54, 1.807) is 6.26 Å². The highest BCUT2D eigenvalue weighted by molar-refractivity contribution is 8.03. The monoisotopic (exact) mass is 427 g/mol. The van der Waals surface area contributed by atoms with Crippen molar-refractivity contribution >= 4 is 29.1 Å². The number of hydrogen-bond donors (Lipinski definition) is 0. The van der Waals surface area contributed by atoms with E-state index in [1.807, 2.05) is 36.4 Å². The van der Waals surface area contributed by atoms with Gasteiger partial charge in [0.1, 0.15) is 11.5 Å². The zero-order valence-corrected chi connectivity index (χ0v) is 18.5. The van der Waals surface area contributed by atoms with Gasteiger partial charge in [-0.2, -0.15) is 0 Å². The molecule has 1 aliphatic heterocycles. The fraction of sp³-hybridized carbons (Fsp3) is 0.417. The number of rotatable bonds is 12. The Balaban J connectivity index is 1.82. The largest absolute Gasteiger partial charge is 0.494 e. The van der Waals surface area contributed by atoms with Crippen molar-refractivity contribution in [1.29, 1.82) is 0 Å². The lowest BCUT2D eigenvalue weighted by Crippen LogP contribution is -2.32. The van der Waals surface area contributed by atoms with Crippen LogP contribution < -0.4 is 4.74 Å². The number of nitrogens with zero attached hydrogens (tertiary/aromatic N) is 1. The molecule has 1 aromatic heterocycles. The molecule has 0 saturated carbocycles. The van der Waals surface area contributed by atoms with Gasteiger partial charge in [-0.05, 0) is 42.7 Å².